The summed E-state index contributed by atoms with van der Waals surface area (Å²) in [5, 5.41) is 21.0. The van der Waals surface area contributed by atoms with Crippen molar-refractivity contribution >= 4 is 23.0 Å². The first-order valence-corrected chi connectivity index (χ1v) is 7.26. The number of nitrogens with zero attached hydrogens (tertiary/aromatic N) is 2. The molecule has 0 saturated carbocycles. The van der Waals surface area contributed by atoms with Crippen LogP contribution in [0.2, 0.25) is 5.02 Å². The maximum Gasteiger partial charge on any atom is 0.288 e. The van der Waals surface area contributed by atoms with E-state index in [-0.39, 0.29) is 16.8 Å². The van der Waals surface area contributed by atoms with Gasteiger partial charge in [0, 0.05) is 23.8 Å². The van der Waals surface area contributed by atoms with Crippen molar-refractivity contribution in [2.45, 2.75) is 50.8 Å². The summed E-state index contributed by atoms with van der Waals surface area (Å²) in [5.41, 5.74) is 1.69. The lowest BCUT2D eigenvalue weighted by Gasteiger charge is -2.39. The van der Waals surface area contributed by atoms with Gasteiger partial charge in [-0.05, 0) is 44.2 Å². The highest BCUT2D eigenvalue weighted by atomic mass is 35.5. The zero-order chi connectivity index (χ0) is 14.4. The molecule has 5 nitrogen and oxygen atoms in total. The van der Waals surface area contributed by atoms with Crippen molar-refractivity contribution in [3.63, 3.8) is 0 Å². The number of aliphatic hydroxyl groups is 1. The molecular weight excluding hydrogens is 280 g/mol. The molecule has 1 N–H and O–H groups in total. The summed E-state index contributed by atoms with van der Waals surface area (Å²) in [6, 6.07) is 3.91. The van der Waals surface area contributed by atoms with Crippen LogP contribution in [0.1, 0.15) is 31.2 Å². The smallest absolute Gasteiger partial charge is 0.288 e. The number of rotatable bonds is 2. The number of nitro benzene ring substituents is 1. The normalized spacial score (nSPS) is 28.8. The fraction of sp³-hybridized carbons (Fsp3) is 0.571. The van der Waals surface area contributed by atoms with E-state index < -0.39 is 4.92 Å². The highest BCUT2D eigenvalue weighted by Gasteiger charge is 2.41. The van der Waals surface area contributed by atoms with E-state index in [0.29, 0.717) is 12.1 Å². The van der Waals surface area contributed by atoms with Crippen molar-refractivity contribution in [1.29, 1.82) is 0 Å². The predicted octanol–water partition coefficient (Wildman–Crippen LogP) is 3.05. The van der Waals surface area contributed by atoms with Crippen LogP contribution in [0.5, 0.6) is 0 Å². The predicted molar refractivity (Wildman–Crippen MR) is 77.4 cm³/mol. The summed E-state index contributed by atoms with van der Waals surface area (Å²) in [4.78, 5) is 12.8. The molecule has 2 saturated heterocycles. The summed E-state index contributed by atoms with van der Waals surface area (Å²) in [7, 11) is 0. The minimum absolute atomic E-state index is 0.0442. The van der Waals surface area contributed by atoms with E-state index in [2.05, 4.69) is 4.90 Å². The van der Waals surface area contributed by atoms with Gasteiger partial charge in [-0.1, -0.05) is 11.6 Å². The molecule has 20 heavy (non-hydrogen) atoms. The third-order valence-corrected chi connectivity index (χ3v) is 5.00. The van der Waals surface area contributed by atoms with Crippen LogP contribution in [0, 0.1) is 17.0 Å². The lowest BCUT2D eigenvalue weighted by molar-refractivity contribution is -0.384. The first-order chi connectivity index (χ1) is 9.49. The van der Waals surface area contributed by atoms with Gasteiger partial charge in [0.1, 0.15) is 5.02 Å². The van der Waals surface area contributed by atoms with Crippen LogP contribution in [0.15, 0.2) is 12.1 Å². The van der Waals surface area contributed by atoms with E-state index >= 15 is 0 Å². The molecular formula is C14H17ClN2O3. The summed E-state index contributed by atoms with van der Waals surface area (Å²) >= 11 is 6.14. The number of halogens is 1. The van der Waals surface area contributed by atoms with E-state index in [9.17, 15) is 15.2 Å². The number of nitro groups is 1. The summed E-state index contributed by atoms with van der Waals surface area (Å²) in [6.07, 6.45) is 3.44. The van der Waals surface area contributed by atoms with Gasteiger partial charge in [0.25, 0.3) is 5.69 Å². The molecule has 0 radical (unpaired) electrons. The van der Waals surface area contributed by atoms with Gasteiger partial charge in [-0.15, -0.1) is 0 Å². The Bertz CT molecular complexity index is 550. The maximum absolute atomic E-state index is 10.9. The molecule has 0 spiro atoms. The molecule has 3 rings (SSSR count). The first-order valence-electron chi connectivity index (χ1n) is 6.89. The van der Waals surface area contributed by atoms with Crippen LogP contribution in [0.3, 0.4) is 0 Å². The Morgan fingerprint density at radius 1 is 1.35 bits per heavy atom. The van der Waals surface area contributed by atoms with Gasteiger partial charge in [0.15, 0.2) is 0 Å². The highest BCUT2D eigenvalue weighted by Crippen LogP contribution is 2.43. The van der Waals surface area contributed by atoms with E-state index in [1.165, 1.54) is 6.07 Å². The number of aliphatic hydroxyl groups excluding tert-OH is 1. The number of piperidine rings is 1. The molecule has 1 aromatic rings. The molecule has 1 aromatic carbocycles. The zero-order valence-electron chi connectivity index (χ0n) is 11.3. The molecule has 2 aliphatic rings. The van der Waals surface area contributed by atoms with E-state index in [0.717, 1.165) is 36.9 Å². The van der Waals surface area contributed by atoms with Crippen molar-refractivity contribution < 1.29 is 10.0 Å². The van der Waals surface area contributed by atoms with Crippen molar-refractivity contribution in [2.75, 3.05) is 4.90 Å². The third kappa shape index (κ3) is 2.05. The lowest BCUT2D eigenvalue weighted by atomic mass is 9.98. The Balaban J connectivity index is 2.00. The fourth-order valence-electron chi connectivity index (χ4n) is 3.62. The molecule has 2 fully saturated rings. The molecule has 108 valence electrons. The standard InChI is InChI=1S/C14H17ClN2O3/c1-8-12(4-5-13(14(8)15)17(19)20)16-9-2-3-10(16)7-11(18)6-9/h4-5,9-11,18H,2-3,6-7H2,1H3/t9-,10+,11+. The molecule has 3 atom stereocenters. The Hall–Kier alpha value is -1.33. The van der Waals surface area contributed by atoms with E-state index in [1.54, 1.807) is 6.07 Å². The van der Waals surface area contributed by atoms with Gasteiger partial charge in [-0.25, -0.2) is 0 Å². The summed E-state index contributed by atoms with van der Waals surface area (Å²) in [5.74, 6) is 0. The van der Waals surface area contributed by atoms with Crippen LogP contribution >= 0.6 is 11.6 Å². The highest BCUT2D eigenvalue weighted by molar-refractivity contribution is 6.33. The topological polar surface area (TPSA) is 66.6 Å². The molecule has 0 aromatic heterocycles. The Morgan fingerprint density at radius 2 is 1.95 bits per heavy atom. The molecule has 0 aliphatic carbocycles. The van der Waals surface area contributed by atoms with Gasteiger partial charge in [0.05, 0.1) is 11.0 Å². The van der Waals surface area contributed by atoms with Gasteiger partial charge in [-0.3, -0.25) is 10.1 Å². The van der Waals surface area contributed by atoms with Crippen LogP contribution in [0.4, 0.5) is 11.4 Å². The van der Waals surface area contributed by atoms with Crippen molar-refractivity contribution in [1.82, 2.24) is 0 Å². The minimum atomic E-state index is -0.451. The van der Waals surface area contributed by atoms with E-state index in [1.807, 2.05) is 6.92 Å². The monoisotopic (exact) mass is 296 g/mol. The summed E-state index contributed by atoms with van der Waals surface area (Å²) < 4.78 is 0. The molecule has 2 bridgehead atoms. The van der Waals surface area contributed by atoms with Crippen LogP contribution in [-0.4, -0.2) is 28.2 Å². The average molecular weight is 297 g/mol. The maximum atomic E-state index is 10.9. The number of hydrogen-bond acceptors (Lipinski definition) is 4. The zero-order valence-corrected chi connectivity index (χ0v) is 12.0. The lowest BCUT2D eigenvalue weighted by Crippen LogP contribution is -2.45. The second-order valence-corrected chi connectivity index (χ2v) is 6.10. The van der Waals surface area contributed by atoms with Crippen LogP contribution in [0.25, 0.3) is 0 Å². The molecule has 0 unspecified atom stereocenters. The summed E-state index contributed by atoms with van der Waals surface area (Å²) in [6.45, 7) is 1.83. The molecule has 2 aliphatic heterocycles. The van der Waals surface area contributed by atoms with Crippen molar-refractivity contribution in [3.05, 3.63) is 32.8 Å². The Kier molecular flexibility index (Phi) is 3.34. The van der Waals surface area contributed by atoms with Gasteiger partial charge in [0.2, 0.25) is 0 Å². The van der Waals surface area contributed by atoms with Gasteiger partial charge >= 0.3 is 0 Å². The van der Waals surface area contributed by atoms with Crippen molar-refractivity contribution in [2.24, 2.45) is 0 Å². The van der Waals surface area contributed by atoms with Gasteiger partial charge < -0.3 is 10.0 Å². The molecule has 6 heteroatoms. The number of fused-ring (bicyclic) bond motifs is 2. The van der Waals surface area contributed by atoms with Gasteiger partial charge in [-0.2, -0.15) is 0 Å². The fourth-order valence-corrected chi connectivity index (χ4v) is 3.85. The quantitative estimate of drug-likeness (QED) is 0.673. The first kappa shape index (κ1) is 13.6. The number of anilines is 1. The number of hydrogen-bond donors (Lipinski definition) is 1. The third-order valence-electron chi connectivity index (χ3n) is 4.52. The van der Waals surface area contributed by atoms with Crippen LogP contribution in [-0.2, 0) is 0 Å². The van der Waals surface area contributed by atoms with Crippen LogP contribution < -0.4 is 4.90 Å². The molecule has 2 heterocycles. The van der Waals surface area contributed by atoms with Crippen molar-refractivity contribution in [3.8, 4) is 0 Å². The van der Waals surface area contributed by atoms with E-state index in [4.69, 9.17) is 11.6 Å². The average Bonchev–Trinajstić information content (AvgIpc) is 2.65. The number of benzene rings is 1. The second kappa shape index (κ2) is 4.90. The SMILES string of the molecule is Cc1c(N2[C@@H]3CC[C@H]2C[C@@H](O)C3)ccc([N+](=O)[O-])c1Cl. The largest absolute Gasteiger partial charge is 0.393 e. The Morgan fingerprint density at radius 3 is 2.50 bits per heavy atom. The second-order valence-electron chi connectivity index (χ2n) is 5.72. The Labute approximate surface area is 122 Å². The molecule has 0 amide bonds. The minimum Gasteiger partial charge on any atom is -0.393 e.